The minimum Gasteiger partial charge on any atom is -0.454 e. The number of halogens is 1. The molecule has 10 heteroatoms. The number of nitrogens with one attached hydrogen (secondary N) is 1. The number of sulfonamides is 1. The molecule has 8 nitrogen and oxygen atoms in total. The molecule has 1 heterocycles. The molecule has 2 aromatic rings. The SMILES string of the molecule is CCN(CC)S(=O)(=O)c1cc(C(=O)Nc2cc3c(cc2C(C)=O)OCO3)ccc1Cl. The monoisotopic (exact) mass is 452 g/mol. The van der Waals surface area contributed by atoms with Gasteiger partial charge in [-0.1, -0.05) is 25.4 Å². The summed E-state index contributed by atoms with van der Waals surface area (Å²) in [7, 11) is -3.86. The molecule has 1 N–H and O–H groups in total. The maximum Gasteiger partial charge on any atom is 0.255 e. The smallest absolute Gasteiger partial charge is 0.255 e. The second kappa shape index (κ2) is 8.63. The predicted molar refractivity (Wildman–Crippen MR) is 112 cm³/mol. The third-order valence-corrected chi connectivity index (χ3v) is 7.19. The molecular weight excluding hydrogens is 432 g/mol. The highest BCUT2D eigenvalue weighted by Gasteiger charge is 2.26. The van der Waals surface area contributed by atoms with Crippen molar-refractivity contribution in [2.45, 2.75) is 25.7 Å². The van der Waals surface area contributed by atoms with E-state index in [1.54, 1.807) is 13.8 Å². The normalized spacial score (nSPS) is 12.8. The highest BCUT2D eigenvalue weighted by atomic mass is 35.5. The van der Waals surface area contributed by atoms with Crippen LogP contribution in [-0.2, 0) is 10.0 Å². The van der Waals surface area contributed by atoms with Crippen LogP contribution in [0, 0.1) is 0 Å². The molecule has 0 atom stereocenters. The number of nitrogens with zero attached hydrogens (tertiary/aromatic N) is 1. The second-order valence-corrected chi connectivity index (χ2v) is 8.81. The number of ketones is 1. The van der Waals surface area contributed by atoms with Crippen molar-refractivity contribution in [2.75, 3.05) is 25.2 Å². The Morgan fingerprint density at radius 3 is 2.33 bits per heavy atom. The van der Waals surface area contributed by atoms with E-state index in [1.165, 1.54) is 41.6 Å². The van der Waals surface area contributed by atoms with Gasteiger partial charge in [-0.05, 0) is 31.2 Å². The number of hydrogen-bond donors (Lipinski definition) is 1. The molecule has 0 saturated heterocycles. The Kier molecular flexibility index (Phi) is 6.35. The molecule has 0 fully saturated rings. The lowest BCUT2D eigenvalue weighted by atomic mass is 10.1. The summed E-state index contributed by atoms with van der Waals surface area (Å²) in [5.74, 6) is -0.0537. The number of fused-ring (bicyclic) bond motifs is 1. The highest BCUT2D eigenvalue weighted by Crippen LogP contribution is 2.37. The average molecular weight is 453 g/mol. The molecule has 1 aliphatic rings. The Bertz CT molecular complexity index is 1110. The molecule has 160 valence electrons. The number of rotatable bonds is 7. The molecule has 3 rings (SSSR count). The van der Waals surface area contributed by atoms with Gasteiger partial charge >= 0.3 is 0 Å². The summed E-state index contributed by atoms with van der Waals surface area (Å²) >= 11 is 6.12. The number of benzene rings is 2. The molecule has 0 saturated carbocycles. The van der Waals surface area contributed by atoms with Crippen LogP contribution in [0.3, 0.4) is 0 Å². The zero-order chi connectivity index (χ0) is 22.1. The Morgan fingerprint density at radius 1 is 1.10 bits per heavy atom. The van der Waals surface area contributed by atoms with Crippen molar-refractivity contribution in [1.29, 1.82) is 0 Å². The second-order valence-electron chi connectivity index (χ2n) is 6.50. The Morgan fingerprint density at radius 2 is 1.73 bits per heavy atom. The first-order valence-electron chi connectivity index (χ1n) is 9.24. The standard InChI is InChI=1S/C20H21ClN2O6S/c1-4-23(5-2)30(26,27)19-8-13(6-7-15(19)21)20(25)22-16-10-18-17(28-11-29-18)9-14(16)12(3)24/h6-10H,4-5,11H2,1-3H3,(H,22,25). The molecular formula is C20H21ClN2O6S. The quantitative estimate of drug-likeness (QED) is 0.644. The zero-order valence-corrected chi connectivity index (χ0v) is 18.3. The van der Waals surface area contributed by atoms with E-state index in [0.717, 1.165) is 0 Å². The maximum absolute atomic E-state index is 12.9. The van der Waals surface area contributed by atoms with Gasteiger partial charge in [-0.3, -0.25) is 9.59 Å². The lowest BCUT2D eigenvalue weighted by molar-refractivity contribution is 0.101. The number of carbonyl (C=O) groups is 2. The Hall–Kier alpha value is -2.62. The van der Waals surface area contributed by atoms with Crippen LogP contribution in [0.4, 0.5) is 5.69 Å². The molecule has 0 bridgehead atoms. The number of carbonyl (C=O) groups excluding carboxylic acids is 2. The molecule has 0 aromatic heterocycles. The van der Waals surface area contributed by atoms with Crippen molar-refractivity contribution in [1.82, 2.24) is 4.31 Å². The summed E-state index contributed by atoms with van der Waals surface area (Å²) in [4.78, 5) is 24.7. The third kappa shape index (κ3) is 4.14. The van der Waals surface area contributed by atoms with Crippen LogP contribution in [0.5, 0.6) is 11.5 Å². The van der Waals surface area contributed by atoms with Crippen molar-refractivity contribution in [3.8, 4) is 11.5 Å². The van der Waals surface area contributed by atoms with Gasteiger partial charge in [-0.2, -0.15) is 4.31 Å². The van der Waals surface area contributed by atoms with Gasteiger partial charge in [0.05, 0.1) is 10.7 Å². The van der Waals surface area contributed by atoms with Crippen LogP contribution < -0.4 is 14.8 Å². The van der Waals surface area contributed by atoms with Crippen LogP contribution >= 0.6 is 11.6 Å². The molecule has 0 spiro atoms. The fraction of sp³-hybridized carbons (Fsp3) is 0.300. The van der Waals surface area contributed by atoms with Crippen LogP contribution in [0.15, 0.2) is 35.2 Å². The van der Waals surface area contributed by atoms with E-state index in [-0.39, 0.29) is 52.4 Å². The van der Waals surface area contributed by atoms with Crippen molar-refractivity contribution >= 4 is 39.0 Å². The number of Topliss-reactive ketones (excluding diaryl/α,β-unsaturated/α-hetero) is 1. The molecule has 1 amide bonds. The first-order valence-corrected chi connectivity index (χ1v) is 11.1. The van der Waals surface area contributed by atoms with E-state index in [0.29, 0.717) is 11.5 Å². The number of amides is 1. The van der Waals surface area contributed by atoms with Gasteiger partial charge in [-0.25, -0.2) is 8.42 Å². The van der Waals surface area contributed by atoms with Crippen LogP contribution in [-0.4, -0.2) is 44.3 Å². The fourth-order valence-corrected chi connectivity index (χ4v) is 5.03. The summed E-state index contributed by atoms with van der Waals surface area (Å²) < 4.78 is 37.5. The Balaban J connectivity index is 1.97. The number of anilines is 1. The van der Waals surface area contributed by atoms with Gasteiger partial charge in [-0.15, -0.1) is 0 Å². The lowest BCUT2D eigenvalue weighted by Crippen LogP contribution is -2.31. The molecule has 0 unspecified atom stereocenters. The summed E-state index contributed by atoms with van der Waals surface area (Å²) in [6, 6.07) is 7.00. The van der Waals surface area contributed by atoms with E-state index < -0.39 is 15.9 Å². The molecule has 2 aromatic carbocycles. The van der Waals surface area contributed by atoms with Crippen LogP contribution in [0.1, 0.15) is 41.5 Å². The highest BCUT2D eigenvalue weighted by molar-refractivity contribution is 7.89. The van der Waals surface area contributed by atoms with Crippen LogP contribution in [0.2, 0.25) is 5.02 Å². The third-order valence-electron chi connectivity index (χ3n) is 4.66. The van der Waals surface area contributed by atoms with E-state index in [4.69, 9.17) is 21.1 Å². The summed E-state index contributed by atoms with van der Waals surface area (Å²) in [6.07, 6.45) is 0. The summed E-state index contributed by atoms with van der Waals surface area (Å²) in [5.41, 5.74) is 0.565. The average Bonchev–Trinajstić information content (AvgIpc) is 3.15. The van der Waals surface area contributed by atoms with Gasteiger partial charge in [0.1, 0.15) is 4.90 Å². The maximum atomic E-state index is 12.9. The summed E-state index contributed by atoms with van der Waals surface area (Å²) in [6.45, 7) is 5.36. The van der Waals surface area contributed by atoms with Gasteiger partial charge in [0.25, 0.3) is 5.91 Å². The zero-order valence-electron chi connectivity index (χ0n) is 16.7. The molecule has 0 aliphatic carbocycles. The minimum atomic E-state index is -3.86. The van der Waals surface area contributed by atoms with Gasteiger partial charge in [0, 0.05) is 30.3 Å². The van der Waals surface area contributed by atoms with E-state index in [2.05, 4.69) is 5.32 Å². The molecule has 1 aliphatic heterocycles. The van der Waals surface area contributed by atoms with Gasteiger partial charge in [0.2, 0.25) is 16.8 Å². The van der Waals surface area contributed by atoms with E-state index in [9.17, 15) is 18.0 Å². The van der Waals surface area contributed by atoms with Crippen molar-refractivity contribution in [3.63, 3.8) is 0 Å². The van der Waals surface area contributed by atoms with Gasteiger partial charge < -0.3 is 14.8 Å². The number of ether oxygens (including phenoxy) is 2. The van der Waals surface area contributed by atoms with Crippen molar-refractivity contribution in [3.05, 3.63) is 46.5 Å². The first kappa shape index (κ1) is 22.1. The topological polar surface area (TPSA) is 102 Å². The largest absolute Gasteiger partial charge is 0.454 e. The summed E-state index contributed by atoms with van der Waals surface area (Å²) in [5, 5.41) is 2.67. The Labute approximate surface area is 179 Å². The van der Waals surface area contributed by atoms with Crippen molar-refractivity contribution in [2.24, 2.45) is 0 Å². The first-order chi connectivity index (χ1) is 14.2. The van der Waals surface area contributed by atoms with E-state index >= 15 is 0 Å². The molecule has 30 heavy (non-hydrogen) atoms. The van der Waals surface area contributed by atoms with E-state index in [1.807, 2.05) is 0 Å². The van der Waals surface area contributed by atoms with Crippen molar-refractivity contribution < 1.29 is 27.5 Å². The van der Waals surface area contributed by atoms with Gasteiger partial charge in [0.15, 0.2) is 17.3 Å². The fourth-order valence-electron chi connectivity index (χ4n) is 3.08. The lowest BCUT2D eigenvalue weighted by Gasteiger charge is -2.19. The molecule has 0 radical (unpaired) electrons. The van der Waals surface area contributed by atoms with Crippen LogP contribution in [0.25, 0.3) is 0 Å². The minimum absolute atomic E-state index is 0.0194. The predicted octanol–water partition coefficient (Wildman–Crippen LogP) is 3.55. The number of hydrogen-bond acceptors (Lipinski definition) is 6.